The Bertz CT molecular complexity index is 2840. The molecule has 3 aliphatic rings. The van der Waals surface area contributed by atoms with Crippen molar-refractivity contribution in [2.24, 2.45) is 11.1 Å². The predicted octanol–water partition coefficient (Wildman–Crippen LogP) is 7.83. The molecule has 3 saturated heterocycles. The summed E-state index contributed by atoms with van der Waals surface area (Å²) >= 11 is 7.84. The van der Waals surface area contributed by atoms with Gasteiger partial charge in [-0.15, -0.1) is 11.3 Å². The molecule has 4 atom stereocenters. The normalized spacial score (nSPS) is 18.5. The molecule has 0 spiro atoms. The van der Waals surface area contributed by atoms with Gasteiger partial charge in [-0.25, -0.2) is 15.0 Å². The van der Waals surface area contributed by atoms with Crippen molar-refractivity contribution in [2.75, 3.05) is 57.3 Å². The Morgan fingerprint density at radius 3 is 2.15 bits per heavy atom. The number of fused-ring (bicyclic) bond motifs is 1. The van der Waals surface area contributed by atoms with E-state index in [1.807, 2.05) is 98.9 Å². The number of carbonyl (C=O) groups excluding carboxylic acids is 5. The number of anilines is 1. The zero-order valence-electron chi connectivity index (χ0n) is 47.2. The number of nitrogens with zero attached hydrogens (tertiary/aromatic N) is 7. The number of hydrogen-bond donors (Lipinski definition) is 6. The van der Waals surface area contributed by atoms with Crippen LogP contribution in [-0.4, -0.2) is 145 Å². The summed E-state index contributed by atoms with van der Waals surface area (Å²) in [4.78, 5) is 93.4. The number of likely N-dealkylation sites (tertiary alicyclic amines) is 1. The molecule has 20 heteroatoms. The quantitative estimate of drug-likeness (QED) is 0.0307. The Morgan fingerprint density at radius 2 is 1.50 bits per heavy atom. The van der Waals surface area contributed by atoms with Crippen molar-refractivity contribution in [3.8, 4) is 10.4 Å². The Kier molecular flexibility index (Phi) is 21.1. The zero-order valence-corrected chi connectivity index (χ0v) is 48.8. The van der Waals surface area contributed by atoms with E-state index in [1.165, 1.54) is 4.90 Å². The van der Waals surface area contributed by atoms with Crippen molar-refractivity contribution < 1.29 is 29.1 Å². The summed E-state index contributed by atoms with van der Waals surface area (Å²) in [5.41, 5.74) is 11.8. The van der Waals surface area contributed by atoms with Gasteiger partial charge in [0.15, 0.2) is 0 Å². The number of rotatable bonds is 25. The van der Waals surface area contributed by atoms with E-state index >= 15 is 0 Å². The Morgan fingerprint density at radius 1 is 0.838 bits per heavy atom. The number of aromatic amines is 1. The summed E-state index contributed by atoms with van der Waals surface area (Å²) in [7, 11) is 0. The van der Waals surface area contributed by atoms with Gasteiger partial charge in [0.25, 0.3) is 0 Å². The number of amides is 5. The maximum atomic E-state index is 14.1. The summed E-state index contributed by atoms with van der Waals surface area (Å²) in [6.07, 6.45) is 14.2. The highest BCUT2D eigenvalue weighted by atomic mass is 35.5. The first-order valence-electron chi connectivity index (χ1n) is 28.9. The highest BCUT2D eigenvalue weighted by Crippen LogP contribution is 2.32. The topological polar surface area (TPSA) is 235 Å². The molecule has 0 radical (unpaired) electrons. The van der Waals surface area contributed by atoms with E-state index in [4.69, 9.17) is 17.3 Å². The second-order valence-electron chi connectivity index (χ2n) is 23.3. The number of piperazine rings is 1. The van der Waals surface area contributed by atoms with E-state index in [9.17, 15) is 29.1 Å². The Hall–Kier alpha value is -5.99. The van der Waals surface area contributed by atoms with Gasteiger partial charge in [0.1, 0.15) is 29.9 Å². The molecule has 0 aliphatic carbocycles. The molecule has 432 valence electrons. The van der Waals surface area contributed by atoms with Crippen LogP contribution in [0.5, 0.6) is 0 Å². The van der Waals surface area contributed by atoms with Crippen molar-refractivity contribution in [2.45, 2.75) is 160 Å². The van der Waals surface area contributed by atoms with Crippen LogP contribution in [0, 0.1) is 12.3 Å². The van der Waals surface area contributed by atoms with Gasteiger partial charge in [-0.3, -0.25) is 28.9 Å². The van der Waals surface area contributed by atoms with E-state index in [0.717, 1.165) is 115 Å². The van der Waals surface area contributed by atoms with Crippen molar-refractivity contribution >= 4 is 69.3 Å². The number of nitrogens with two attached hydrogens (primary N) is 1. The van der Waals surface area contributed by atoms with E-state index in [-0.39, 0.29) is 55.1 Å². The standard InChI is InChI=1S/C60H83ClN12O6S/c1-41-52(80-40-67-41)44-18-16-42(17-19-44)37-64-56(77)49-36-46(74)38-73(49)57(78)53(59(2,3)4)69-50(75)14-12-10-8-6-5-7-9-11-13-15-51(76)71-34-32-70(33-35-71)29-25-48(43-20-22-45(61)23-21-43)68-58(79)60(62)26-30-72(31-27-60)55-47-24-28-63-54(47)65-39-66-55/h16-24,28,39-40,46,48-49,53,74H,5-15,25-27,29-38,62H2,1-4H3,(H,64,77)(H,68,79)(H,69,75)(H,63,65,66)/t46-,48+,49+,53-/m1/s1. The maximum Gasteiger partial charge on any atom is 0.246 e. The van der Waals surface area contributed by atoms with Crippen LogP contribution in [0.4, 0.5) is 5.82 Å². The molecule has 18 nitrogen and oxygen atoms in total. The van der Waals surface area contributed by atoms with E-state index in [2.05, 4.69) is 45.7 Å². The van der Waals surface area contributed by atoms with Gasteiger partial charge in [-0.1, -0.05) is 114 Å². The molecule has 7 N–H and O–H groups in total. The average Bonchev–Trinajstić information content (AvgIpc) is 4.26. The summed E-state index contributed by atoms with van der Waals surface area (Å²) < 4.78 is 0. The number of aliphatic hydroxyl groups excluding tert-OH is 1. The number of aliphatic hydroxyl groups is 1. The molecular weight excluding hydrogens is 1050 g/mol. The number of halogens is 1. The van der Waals surface area contributed by atoms with Gasteiger partial charge in [0.2, 0.25) is 29.5 Å². The fourth-order valence-corrected chi connectivity index (χ4v) is 12.2. The lowest BCUT2D eigenvalue weighted by atomic mass is 9.85. The number of piperidine rings is 1. The third-order valence-corrected chi connectivity index (χ3v) is 17.5. The first-order valence-corrected chi connectivity index (χ1v) is 30.1. The number of unbranched alkanes of at least 4 members (excludes halogenated alkanes) is 8. The number of aromatic nitrogens is 4. The zero-order chi connectivity index (χ0) is 56.8. The second-order valence-corrected chi connectivity index (χ2v) is 24.6. The fourth-order valence-electron chi connectivity index (χ4n) is 11.3. The van der Waals surface area contributed by atoms with Crippen LogP contribution in [0.25, 0.3) is 21.5 Å². The molecule has 5 aromatic rings. The lowest BCUT2D eigenvalue weighted by Crippen LogP contribution is -2.60. The van der Waals surface area contributed by atoms with Crippen molar-refractivity contribution in [1.82, 2.24) is 50.6 Å². The fraction of sp³-hybridized carbons (Fsp3) is 0.567. The molecule has 2 aromatic carbocycles. The summed E-state index contributed by atoms with van der Waals surface area (Å²) in [5, 5.41) is 21.5. The first-order chi connectivity index (χ1) is 38.5. The summed E-state index contributed by atoms with van der Waals surface area (Å²) in [6.45, 7) is 12.9. The summed E-state index contributed by atoms with van der Waals surface area (Å²) in [6, 6.07) is 15.6. The van der Waals surface area contributed by atoms with Gasteiger partial charge in [-0.05, 0) is 79.3 Å². The SMILES string of the molecule is Cc1ncsc1-c1ccc(CNC(=O)[C@@H]2C[C@@H](O)CN2C(=O)[C@@H](NC(=O)CCCCCCCCCCCC(=O)N2CCN(CC[C@H](NC(=O)C3(N)CCN(c4ncnc5[nH]ccc45)CC3)c3ccc(Cl)cc3)CC2)C(C)(C)C)cc1. The number of nitrogens with one attached hydrogen (secondary N) is 4. The molecule has 5 amide bonds. The van der Waals surface area contributed by atoms with Gasteiger partial charge >= 0.3 is 0 Å². The van der Waals surface area contributed by atoms with E-state index < -0.39 is 29.1 Å². The third kappa shape index (κ3) is 16.1. The maximum absolute atomic E-state index is 14.1. The summed E-state index contributed by atoms with van der Waals surface area (Å²) in [5.74, 6) is 0.0201. The molecule has 0 unspecified atom stereocenters. The second kappa shape index (κ2) is 28.1. The van der Waals surface area contributed by atoms with Crippen LogP contribution >= 0.6 is 22.9 Å². The molecule has 3 fully saturated rings. The first kappa shape index (κ1) is 60.1. The number of thiazole rings is 1. The van der Waals surface area contributed by atoms with Gasteiger partial charge in [0, 0.05) is 89.4 Å². The third-order valence-electron chi connectivity index (χ3n) is 16.3. The van der Waals surface area contributed by atoms with Crippen LogP contribution in [0.15, 0.2) is 72.6 Å². The number of aryl methyl sites for hydroxylation is 1. The van der Waals surface area contributed by atoms with Crippen LogP contribution < -0.4 is 26.6 Å². The minimum atomic E-state index is -1.01. The lowest BCUT2D eigenvalue weighted by molar-refractivity contribution is -0.144. The number of benzene rings is 2. The lowest BCUT2D eigenvalue weighted by Gasteiger charge is -2.39. The smallest absolute Gasteiger partial charge is 0.246 e. The monoisotopic (exact) mass is 1130 g/mol. The molecule has 0 saturated carbocycles. The molecule has 3 aliphatic heterocycles. The highest BCUT2D eigenvalue weighted by Gasteiger charge is 2.45. The van der Waals surface area contributed by atoms with Crippen LogP contribution in [0.3, 0.4) is 0 Å². The van der Waals surface area contributed by atoms with Gasteiger partial charge in [0.05, 0.1) is 39.2 Å². The molecule has 80 heavy (non-hydrogen) atoms. The van der Waals surface area contributed by atoms with Crippen LogP contribution in [0.1, 0.15) is 140 Å². The minimum absolute atomic E-state index is 0.0308. The van der Waals surface area contributed by atoms with Gasteiger partial charge in [-0.2, -0.15) is 0 Å². The number of β-amino-alcohol motifs (C(OH)–C–C–N with tert-alkyl or cyclic N) is 1. The largest absolute Gasteiger partial charge is 0.391 e. The Labute approximate surface area is 480 Å². The molecule has 3 aromatic heterocycles. The van der Waals surface area contributed by atoms with Crippen molar-refractivity contribution in [1.29, 1.82) is 0 Å². The molecular formula is C60H83ClN12O6S. The molecule has 6 heterocycles. The number of hydrogen-bond acceptors (Lipinski definition) is 13. The minimum Gasteiger partial charge on any atom is -0.391 e. The van der Waals surface area contributed by atoms with Crippen molar-refractivity contribution in [3.05, 3.63) is 94.5 Å². The average molecular weight is 1140 g/mol. The van der Waals surface area contributed by atoms with E-state index in [1.54, 1.807) is 17.7 Å². The molecule has 8 rings (SSSR count). The van der Waals surface area contributed by atoms with E-state index in [0.29, 0.717) is 69.7 Å². The number of carbonyl (C=O) groups is 5. The molecule has 0 bridgehead atoms. The van der Waals surface area contributed by atoms with Crippen LogP contribution in [-0.2, 0) is 30.5 Å². The highest BCUT2D eigenvalue weighted by molar-refractivity contribution is 7.13. The van der Waals surface area contributed by atoms with Crippen molar-refractivity contribution in [3.63, 3.8) is 0 Å². The van der Waals surface area contributed by atoms with Gasteiger partial charge < -0.3 is 46.5 Å². The Balaban J connectivity index is 0.668. The predicted molar refractivity (Wildman–Crippen MR) is 315 cm³/mol. The number of H-pyrrole nitrogens is 1. The van der Waals surface area contributed by atoms with Crippen LogP contribution in [0.2, 0.25) is 5.02 Å².